The zero-order chi connectivity index (χ0) is 18.4. The molecular weight excluding hydrogens is 334 g/mol. The van der Waals surface area contributed by atoms with E-state index in [0.717, 1.165) is 32.0 Å². The summed E-state index contributed by atoms with van der Waals surface area (Å²) in [6.45, 7) is 3.11. The summed E-state index contributed by atoms with van der Waals surface area (Å²) in [6.07, 6.45) is 4.31. The SMILES string of the molecule is CN(CC(=O)Nc1ccc(N2CCOCC2)cc1)C(=O)c1cnccn1. The molecule has 1 fully saturated rings. The standard InChI is InChI=1S/C18H21N5O3/c1-22(18(25)16-12-19-6-7-20-16)13-17(24)21-14-2-4-15(5-3-14)23-8-10-26-11-9-23/h2-7,12H,8-11,13H2,1H3,(H,21,24). The van der Waals surface area contributed by atoms with Gasteiger partial charge >= 0.3 is 0 Å². The number of likely N-dealkylation sites (N-methyl/N-ethyl adjacent to an activating group) is 1. The second kappa shape index (κ2) is 8.39. The lowest BCUT2D eigenvalue weighted by Gasteiger charge is -2.28. The topological polar surface area (TPSA) is 87.7 Å². The molecule has 0 saturated carbocycles. The van der Waals surface area contributed by atoms with Gasteiger partial charge in [0.05, 0.1) is 26.0 Å². The summed E-state index contributed by atoms with van der Waals surface area (Å²) < 4.78 is 5.35. The van der Waals surface area contributed by atoms with Gasteiger partial charge in [-0.15, -0.1) is 0 Å². The van der Waals surface area contributed by atoms with E-state index in [1.807, 2.05) is 24.3 Å². The molecule has 2 amide bonds. The highest BCUT2D eigenvalue weighted by atomic mass is 16.5. The first-order valence-electron chi connectivity index (χ1n) is 8.37. The first-order chi connectivity index (χ1) is 12.6. The fourth-order valence-corrected chi connectivity index (χ4v) is 2.67. The molecule has 3 rings (SSSR count). The Bertz CT molecular complexity index is 745. The maximum Gasteiger partial charge on any atom is 0.274 e. The molecule has 26 heavy (non-hydrogen) atoms. The Kier molecular flexibility index (Phi) is 5.75. The predicted molar refractivity (Wildman–Crippen MR) is 97.1 cm³/mol. The highest BCUT2D eigenvalue weighted by molar-refractivity contribution is 5.98. The molecule has 2 heterocycles. The Morgan fingerprint density at radius 1 is 1.19 bits per heavy atom. The van der Waals surface area contributed by atoms with E-state index in [1.165, 1.54) is 23.5 Å². The van der Waals surface area contributed by atoms with Gasteiger partial charge in [-0.25, -0.2) is 4.98 Å². The van der Waals surface area contributed by atoms with Crippen molar-refractivity contribution in [3.05, 3.63) is 48.5 Å². The smallest absolute Gasteiger partial charge is 0.274 e. The minimum atomic E-state index is -0.351. The average Bonchev–Trinajstić information content (AvgIpc) is 2.69. The number of hydrogen-bond donors (Lipinski definition) is 1. The van der Waals surface area contributed by atoms with Gasteiger partial charge in [0.2, 0.25) is 5.91 Å². The van der Waals surface area contributed by atoms with Crippen molar-refractivity contribution in [1.82, 2.24) is 14.9 Å². The molecule has 0 aliphatic carbocycles. The Morgan fingerprint density at radius 2 is 1.92 bits per heavy atom. The van der Waals surface area contributed by atoms with Gasteiger partial charge in [-0.1, -0.05) is 0 Å². The normalized spacial score (nSPS) is 14.0. The van der Waals surface area contributed by atoms with E-state index in [9.17, 15) is 9.59 Å². The van der Waals surface area contributed by atoms with E-state index in [1.54, 1.807) is 7.05 Å². The fourth-order valence-electron chi connectivity index (χ4n) is 2.67. The van der Waals surface area contributed by atoms with Crippen molar-refractivity contribution in [3.8, 4) is 0 Å². The Labute approximate surface area is 151 Å². The molecular formula is C18H21N5O3. The molecule has 0 unspecified atom stereocenters. The lowest BCUT2D eigenvalue weighted by atomic mass is 10.2. The van der Waals surface area contributed by atoms with E-state index >= 15 is 0 Å². The van der Waals surface area contributed by atoms with Crippen LogP contribution in [0.15, 0.2) is 42.9 Å². The summed E-state index contributed by atoms with van der Waals surface area (Å²) in [7, 11) is 1.55. The summed E-state index contributed by atoms with van der Waals surface area (Å²) in [4.78, 5) is 35.7. The van der Waals surface area contributed by atoms with Crippen LogP contribution in [0, 0.1) is 0 Å². The summed E-state index contributed by atoms with van der Waals surface area (Å²) >= 11 is 0. The van der Waals surface area contributed by atoms with Crippen LogP contribution in [0.2, 0.25) is 0 Å². The molecule has 1 aliphatic heterocycles. The number of nitrogens with one attached hydrogen (secondary N) is 1. The number of benzene rings is 1. The second-order valence-corrected chi connectivity index (χ2v) is 5.95. The molecule has 0 atom stereocenters. The van der Waals surface area contributed by atoms with Gasteiger partial charge in [0.25, 0.3) is 5.91 Å². The van der Waals surface area contributed by atoms with Gasteiger partial charge in [0.1, 0.15) is 5.69 Å². The lowest BCUT2D eigenvalue weighted by Crippen LogP contribution is -2.36. The monoisotopic (exact) mass is 355 g/mol. The second-order valence-electron chi connectivity index (χ2n) is 5.95. The number of anilines is 2. The van der Waals surface area contributed by atoms with Crippen molar-refractivity contribution < 1.29 is 14.3 Å². The lowest BCUT2D eigenvalue weighted by molar-refractivity contribution is -0.116. The van der Waals surface area contributed by atoms with E-state index < -0.39 is 0 Å². The number of hydrogen-bond acceptors (Lipinski definition) is 6. The van der Waals surface area contributed by atoms with Gasteiger partial charge in [-0.3, -0.25) is 14.6 Å². The molecule has 1 aromatic heterocycles. The summed E-state index contributed by atoms with van der Waals surface area (Å²) in [6, 6.07) is 7.64. The van der Waals surface area contributed by atoms with Crippen LogP contribution in [0.25, 0.3) is 0 Å². The number of morpholine rings is 1. The highest BCUT2D eigenvalue weighted by Crippen LogP contribution is 2.19. The first kappa shape index (κ1) is 17.8. The molecule has 0 spiro atoms. The molecule has 1 N–H and O–H groups in total. The van der Waals surface area contributed by atoms with Crippen molar-refractivity contribution in [2.45, 2.75) is 0 Å². The number of nitrogens with zero attached hydrogens (tertiary/aromatic N) is 4. The number of rotatable bonds is 5. The minimum Gasteiger partial charge on any atom is -0.378 e. The van der Waals surface area contributed by atoms with Gasteiger partial charge in [-0.05, 0) is 24.3 Å². The maximum absolute atomic E-state index is 12.2. The van der Waals surface area contributed by atoms with Crippen LogP contribution in [-0.2, 0) is 9.53 Å². The van der Waals surface area contributed by atoms with E-state index in [0.29, 0.717) is 5.69 Å². The van der Waals surface area contributed by atoms with Crippen molar-refractivity contribution in [1.29, 1.82) is 0 Å². The van der Waals surface area contributed by atoms with Crippen molar-refractivity contribution in [2.75, 3.05) is 50.1 Å². The molecule has 136 valence electrons. The van der Waals surface area contributed by atoms with Crippen molar-refractivity contribution >= 4 is 23.2 Å². The van der Waals surface area contributed by atoms with E-state index in [-0.39, 0.29) is 24.1 Å². The van der Waals surface area contributed by atoms with Gasteiger partial charge in [0.15, 0.2) is 0 Å². The quantitative estimate of drug-likeness (QED) is 0.862. The average molecular weight is 355 g/mol. The molecule has 2 aromatic rings. The molecule has 0 bridgehead atoms. The number of aromatic nitrogens is 2. The van der Waals surface area contributed by atoms with Crippen LogP contribution in [0.3, 0.4) is 0 Å². The Hall–Kier alpha value is -3.00. The number of ether oxygens (including phenoxy) is 1. The summed E-state index contributed by atoms with van der Waals surface area (Å²) in [5, 5.41) is 2.80. The molecule has 8 heteroatoms. The largest absolute Gasteiger partial charge is 0.378 e. The van der Waals surface area contributed by atoms with Crippen LogP contribution in [0.4, 0.5) is 11.4 Å². The van der Waals surface area contributed by atoms with Crippen molar-refractivity contribution in [2.24, 2.45) is 0 Å². The molecule has 8 nitrogen and oxygen atoms in total. The van der Waals surface area contributed by atoms with Crippen molar-refractivity contribution in [3.63, 3.8) is 0 Å². The number of carbonyl (C=O) groups is 2. The molecule has 1 aliphatic rings. The van der Waals surface area contributed by atoms with E-state index in [4.69, 9.17) is 4.74 Å². The third kappa shape index (κ3) is 4.54. The molecule has 1 aromatic carbocycles. The Morgan fingerprint density at radius 3 is 2.58 bits per heavy atom. The molecule has 0 radical (unpaired) electrons. The highest BCUT2D eigenvalue weighted by Gasteiger charge is 2.16. The fraction of sp³-hybridized carbons (Fsp3) is 0.333. The number of amides is 2. The zero-order valence-electron chi connectivity index (χ0n) is 14.6. The molecule has 1 saturated heterocycles. The first-order valence-corrected chi connectivity index (χ1v) is 8.37. The summed E-state index contributed by atoms with van der Waals surface area (Å²) in [5.41, 5.74) is 1.99. The van der Waals surface area contributed by atoms with Gasteiger partial charge in [-0.2, -0.15) is 0 Å². The van der Waals surface area contributed by atoms with Gasteiger partial charge < -0.3 is 19.9 Å². The zero-order valence-corrected chi connectivity index (χ0v) is 14.6. The maximum atomic E-state index is 12.2. The van der Waals surface area contributed by atoms with Crippen LogP contribution >= 0.6 is 0 Å². The number of carbonyl (C=O) groups excluding carboxylic acids is 2. The van der Waals surface area contributed by atoms with Gasteiger partial charge in [0, 0.05) is 43.9 Å². The van der Waals surface area contributed by atoms with Crippen LogP contribution in [0.1, 0.15) is 10.5 Å². The third-order valence-electron chi connectivity index (χ3n) is 4.04. The third-order valence-corrected chi connectivity index (χ3v) is 4.04. The summed E-state index contributed by atoms with van der Waals surface area (Å²) in [5.74, 6) is -0.625. The van der Waals surface area contributed by atoms with E-state index in [2.05, 4.69) is 20.2 Å². The predicted octanol–water partition coefficient (Wildman–Crippen LogP) is 1.02. The minimum absolute atomic E-state index is 0.0688. The van der Waals surface area contributed by atoms with Crippen LogP contribution < -0.4 is 10.2 Å². The Balaban J connectivity index is 1.53. The van der Waals surface area contributed by atoms with Crippen LogP contribution in [-0.4, -0.2) is 66.6 Å². The van der Waals surface area contributed by atoms with Crippen LogP contribution in [0.5, 0.6) is 0 Å².